The third-order valence-corrected chi connectivity index (χ3v) is 1.62. The molecule has 3 nitrogen and oxygen atoms in total. The summed E-state index contributed by atoms with van der Waals surface area (Å²) in [6.45, 7) is 3.77. The predicted molar refractivity (Wildman–Crippen MR) is 44.4 cm³/mol. The number of aromatic amines is 1. The molecule has 1 heterocycles. The molecule has 0 bridgehead atoms. The molecule has 11 heavy (non-hydrogen) atoms. The van der Waals surface area contributed by atoms with E-state index < -0.39 is 0 Å². The summed E-state index contributed by atoms with van der Waals surface area (Å²) in [4.78, 5) is 13.5. The Morgan fingerprint density at radius 1 is 1.55 bits per heavy atom. The molecule has 3 heteroatoms. The van der Waals surface area contributed by atoms with E-state index in [1.54, 1.807) is 6.07 Å². The number of hydrogen-bond acceptors (Lipinski definition) is 2. The van der Waals surface area contributed by atoms with Crippen molar-refractivity contribution in [1.29, 1.82) is 0 Å². The second-order valence-electron chi connectivity index (χ2n) is 2.71. The van der Waals surface area contributed by atoms with E-state index in [1.165, 1.54) is 6.07 Å². The first-order chi connectivity index (χ1) is 5.11. The number of pyridine rings is 1. The van der Waals surface area contributed by atoms with Crippen molar-refractivity contribution < 1.29 is 0 Å². The summed E-state index contributed by atoms with van der Waals surface area (Å²) in [5.41, 5.74) is 7.36. The molecule has 0 amide bonds. The molecule has 1 aromatic heterocycles. The van der Waals surface area contributed by atoms with Crippen molar-refractivity contribution in [2.45, 2.75) is 19.9 Å². The molecule has 0 spiro atoms. The fourth-order valence-corrected chi connectivity index (χ4v) is 1.04. The number of hydrogen-bond donors (Lipinski definition) is 2. The minimum atomic E-state index is -0.108. The maximum Gasteiger partial charge on any atom is 0.248 e. The van der Waals surface area contributed by atoms with Crippen LogP contribution in [0.2, 0.25) is 0 Å². The average molecular weight is 152 g/mol. The first-order valence-corrected chi connectivity index (χ1v) is 3.56. The molecule has 3 N–H and O–H groups in total. The summed E-state index contributed by atoms with van der Waals surface area (Å²) in [6, 6.07) is 3.17. The van der Waals surface area contributed by atoms with E-state index in [1.807, 2.05) is 13.8 Å². The van der Waals surface area contributed by atoms with Crippen LogP contribution in [0.5, 0.6) is 0 Å². The van der Waals surface area contributed by atoms with E-state index in [9.17, 15) is 4.79 Å². The van der Waals surface area contributed by atoms with Crippen molar-refractivity contribution in [2.24, 2.45) is 5.73 Å². The number of H-pyrrole nitrogens is 1. The highest BCUT2D eigenvalue weighted by Gasteiger charge is 2.02. The van der Waals surface area contributed by atoms with Crippen molar-refractivity contribution in [3.8, 4) is 0 Å². The van der Waals surface area contributed by atoms with Gasteiger partial charge in [0.05, 0.1) is 0 Å². The van der Waals surface area contributed by atoms with Crippen LogP contribution in [0.25, 0.3) is 0 Å². The summed E-state index contributed by atoms with van der Waals surface area (Å²) in [5.74, 6) is 0. The first-order valence-electron chi connectivity index (χ1n) is 3.56. The van der Waals surface area contributed by atoms with E-state index in [-0.39, 0.29) is 11.6 Å². The standard InChI is InChI=1S/C8H12N2O/c1-5-3-4-7(11)10-8(5)6(2)9/h3-4,6H,9H2,1-2H3,(H,10,11). The van der Waals surface area contributed by atoms with Gasteiger partial charge < -0.3 is 10.7 Å². The second kappa shape index (κ2) is 2.88. The Labute approximate surface area is 65.2 Å². The van der Waals surface area contributed by atoms with Crippen molar-refractivity contribution in [3.63, 3.8) is 0 Å². The van der Waals surface area contributed by atoms with Gasteiger partial charge in [0, 0.05) is 17.8 Å². The Balaban J connectivity index is 3.23. The van der Waals surface area contributed by atoms with Crippen LogP contribution in [-0.4, -0.2) is 4.98 Å². The molecule has 1 unspecified atom stereocenters. The lowest BCUT2D eigenvalue weighted by Crippen LogP contribution is -2.15. The van der Waals surface area contributed by atoms with E-state index in [0.717, 1.165) is 11.3 Å². The third kappa shape index (κ3) is 1.68. The third-order valence-electron chi connectivity index (χ3n) is 1.62. The van der Waals surface area contributed by atoms with Crippen molar-refractivity contribution in [2.75, 3.05) is 0 Å². The molecule has 0 radical (unpaired) electrons. The lowest BCUT2D eigenvalue weighted by molar-refractivity contribution is 0.766. The van der Waals surface area contributed by atoms with Gasteiger partial charge >= 0.3 is 0 Å². The molecule has 0 aliphatic rings. The summed E-state index contributed by atoms with van der Waals surface area (Å²) >= 11 is 0. The normalized spacial score (nSPS) is 13.0. The van der Waals surface area contributed by atoms with Crippen LogP contribution in [-0.2, 0) is 0 Å². The van der Waals surface area contributed by atoms with Crippen LogP contribution in [0.3, 0.4) is 0 Å². The minimum Gasteiger partial charge on any atom is -0.324 e. The van der Waals surface area contributed by atoms with Gasteiger partial charge in [-0.2, -0.15) is 0 Å². The molecular weight excluding hydrogens is 140 g/mol. The number of nitrogens with one attached hydrogen (secondary N) is 1. The average Bonchev–Trinajstić information content (AvgIpc) is 1.94. The highest BCUT2D eigenvalue weighted by molar-refractivity contribution is 5.19. The Hall–Kier alpha value is -1.09. The lowest BCUT2D eigenvalue weighted by atomic mass is 10.1. The summed E-state index contributed by atoms with van der Waals surface area (Å²) in [5, 5.41) is 0. The maximum absolute atomic E-state index is 10.8. The Morgan fingerprint density at radius 3 is 2.64 bits per heavy atom. The molecule has 0 aliphatic heterocycles. The zero-order valence-electron chi connectivity index (χ0n) is 6.72. The van der Waals surface area contributed by atoms with Crippen molar-refractivity contribution in [1.82, 2.24) is 4.98 Å². The SMILES string of the molecule is Cc1ccc(=O)[nH]c1C(C)N. The van der Waals surface area contributed by atoms with Crippen LogP contribution >= 0.6 is 0 Å². The molecule has 0 saturated heterocycles. The Kier molecular flexibility index (Phi) is 2.10. The van der Waals surface area contributed by atoms with E-state index >= 15 is 0 Å². The molecule has 60 valence electrons. The fraction of sp³-hybridized carbons (Fsp3) is 0.375. The first kappa shape index (κ1) is 8.01. The van der Waals surface area contributed by atoms with E-state index in [4.69, 9.17) is 5.73 Å². The molecule has 0 saturated carbocycles. The minimum absolute atomic E-state index is 0.0945. The monoisotopic (exact) mass is 152 g/mol. The van der Waals surface area contributed by atoms with Crippen LogP contribution < -0.4 is 11.3 Å². The van der Waals surface area contributed by atoms with Crippen molar-refractivity contribution >= 4 is 0 Å². The second-order valence-corrected chi connectivity index (χ2v) is 2.71. The molecule has 1 atom stereocenters. The predicted octanol–water partition coefficient (Wildman–Crippen LogP) is 0.703. The van der Waals surface area contributed by atoms with E-state index in [0.29, 0.717) is 0 Å². The Morgan fingerprint density at radius 2 is 2.18 bits per heavy atom. The van der Waals surface area contributed by atoms with Gasteiger partial charge in [0.15, 0.2) is 0 Å². The number of rotatable bonds is 1. The van der Waals surface area contributed by atoms with Crippen molar-refractivity contribution in [3.05, 3.63) is 33.7 Å². The topological polar surface area (TPSA) is 58.9 Å². The molecule has 0 aromatic carbocycles. The summed E-state index contributed by atoms with van der Waals surface area (Å²) < 4.78 is 0. The van der Waals surface area contributed by atoms with Gasteiger partial charge in [0.1, 0.15) is 0 Å². The highest BCUT2D eigenvalue weighted by atomic mass is 16.1. The lowest BCUT2D eigenvalue weighted by Gasteiger charge is -2.07. The van der Waals surface area contributed by atoms with Gasteiger partial charge in [-0.1, -0.05) is 6.07 Å². The quantitative estimate of drug-likeness (QED) is 0.622. The van der Waals surface area contributed by atoms with Crippen LogP contribution in [0, 0.1) is 6.92 Å². The van der Waals surface area contributed by atoms with Gasteiger partial charge in [-0.3, -0.25) is 4.79 Å². The van der Waals surface area contributed by atoms with Gasteiger partial charge in [0.25, 0.3) is 0 Å². The maximum atomic E-state index is 10.8. The summed E-state index contributed by atoms with van der Waals surface area (Å²) in [7, 11) is 0. The van der Waals surface area contributed by atoms with Crippen LogP contribution in [0.1, 0.15) is 24.2 Å². The summed E-state index contributed by atoms with van der Waals surface area (Å²) in [6.07, 6.45) is 0. The van der Waals surface area contributed by atoms with Crippen LogP contribution in [0.15, 0.2) is 16.9 Å². The molecule has 0 fully saturated rings. The number of aryl methyl sites for hydroxylation is 1. The van der Waals surface area contributed by atoms with Gasteiger partial charge in [-0.05, 0) is 19.4 Å². The number of nitrogens with two attached hydrogens (primary N) is 1. The number of aromatic nitrogens is 1. The fourth-order valence-electron chi connectivity index (χ4n) is 1.04. The molecule has 0 aliphatic carbocycles. The molecule has 1 rings (SSSR count). The van der Waals surface area contributed by atoms with Gasteiger partial charge in [-0.25, -0.2) is 0 Å². The largest absolute Gasteiger partial charge is 0.324 e. The van der Waals surface area contributed by atoms with E-state index in [2.05, 4.69) is 4.98 Å². The zero-order valence-corrected chi connectivity index (χ0v) is 6.72. The zero-order chi connectivity index (χ0) is 8.43. The highest BCUT2D eigenvalue weighted by Crippen LogP contribution is 2.08. The Bertz CT molecular complexity index is 301. The van der Waals surface area contributed by atoms with Gasteiger partial charge in [0.2, 0.25) is 5.56 Å². The van der Waals surface area contributed by atoms with Gasteiger partial charge in [-0.15, -0.1) is 0 Å². The van der Waals surface area contributed by atoms with Crippen LogP contribution in [0.4, 0.5) is 0 Å². The molecular formula is C8H12N2O. The smallest absolute Gasteiger partial charge is 0.248 e. The molecule has 1 aromatic rings.